The topological polar surface area (TPSA) is 89.3 Å². The normalized spacial score (nSPS) is 11.1. The van der Waals surface area contributed by atoms with Gasteiger partial charge in [0.1, 0.15) is 5.75 Å². The van der Waals surface area contributed by atoms with Crippen LogP contribution >= 0.6 is 0 Å². The Hall–Kier alpha value is -1.56. The molecule has 88 valence electrons. The van der Waals surface area contributed by atoms with Gasteiger partial charge in [0.2, 0.25) is 5.91 Å². The number of hydrogen-bond donors (Lipinski definition) is 2. The van der Waals surface area contributed by atoms with Crippen molar-refractivity contribution in [2.24, 2.45) is 0 Å². The lowest BCUT2D eigenvalue weighted by Gasteiger charge is -2.08. The number of nitrogens with one attached hydrogen (secondary N) is 1. The Morgan fingerprint density at radius 1 is 1.44 bits per heavy atom. The van der Waals surface area contributed by atoms with E-state index in [0.717, 1.165) is 0 Å². The standard InChI is InChI=1S/C10H14N2O3S/c1-7-8(11)4-3-5-9(7)16(14,15)6-10(13)12-2/h3-5H,6,11H2,1-2H3,(H,12,13). The second kappa shape index (κ2) is 4.52. The highest BCUT2D eigenvalue weighted by Crippen LogP contribution is 2.21. The lowest BCUT2D eigenvalue weighted by atomic mass is 10.2. The summed E-state index contributed by atoms with van der Waals surface area (Å²) in [6, 6.07) is 4.62. The SMILES string of the molecule is CNC(=O)CS(=O)(=O)c1cccc(N)c1C. The maximum absolute atomic E-state index is 11.9. The first-order chi connectivity index (χ1) is 7.38. The van der Waals surface area contributed by atoms with Gasteiger partial charge in [-0.05, 0) is 24.6 Å². The maximum Gasteiger partial charge on any atom is 0.235 e. The first-order valence-electron chi connectivity index (χ1n) is 4.67. The molecule has 16 heavy (non-hydrogen) atoms. The Labute approximate surface area is 94.6 Å². The fourth-order valence-corrected chi connectivity index (χ4v) is 2.81. The summed E-state index contributed by atoms with van der Waals surface area (Å²) in [6.45, 7) is 1.62. The molecule has 3 N–H and O–H groups in total. The monoisotopic (exact) mass is 242 g/mol. The Balaban J connectivity index is 3.18. The average molecular weight is 242 g/mol. The molecule has 1 rings (SSSR count). The third-order valence-corrected chi connectivity index (χ3v) is 4.02. The molecule has 0 aliphatic rings. The zero-order chi connectivity index (χ0) is 12.3. The van der Waals surface area contributed by atoms with Crippen LogP contribution in [0.15, 0.2) is 23.1 Å². The van der Waals surface area contributed by atoms with Gasteiger partial charge >= 0.3 is 0 Å². The zero-order valence-corrected chi connectivity index (χ0v) is 9.97. The van der Waals surface area contributed by atoms with Crippen LogP contribution in [-0.4, -0.2) is 27.1 Å². The van der Waals surface area contributed by atoms with Crippen molar-refractivity contribution in [2.45, 2.75) is 11.8 Å². The summed E-state index contributed by atoms with van der Waals surface area (Å²) in [4.78, 5) is 11.2. The van der Waals surface area contributed by atoms with Crippen LogP contribution in [0.5, 0.6) is 0 Å². The van der Waals surface area contributed by atoms with Crippen LogP contribution in [0.25, 0.3) is 0 Å². The van der Waals surface area contributed by atoms with Crippen molar-refractivity contribution in [1.29, 1.82) is 0 Å². The molecule has 0 bridgehead atoms. The van der Waals surface area contributed by atoms with Gasteiger partial charge in [-0.1, -0.05) is 6.07 Å². The van der Waals surface area contributed by atoms with Crippen molar-refractivity contribution in [3.05, 3.63) is 23.8 Å². The molecular formula is C10H14N2O3S. The largest absolute Gasteiger partial charge is 0.398 e. The fraction of sp³-hybridized carbons (Fsp3) is 0.300. The van der Waals surface area contributed by atoms with E-state index < -0.39 is 21.5 Å². The third-order valence-electron chi connectivity index (χ3n) is 2.26. The van der Waals surface area contributed by atoms with E-state index in [-0.39, 0.29) is 4.90 Å². The molecule has 0 radical (unpaired) electrons. The van der Waals surface area contributed by atoms with Gasteiger partial charge in [-0.15, -0.1) is 0 Å². The molecule has 0 fully saturated rings. The minimum Gasteiger partial charge on any atom is -0.398 e. The van der Waals surface area contributed by atoms with Crippen molar-refractivity contribution in [3.63, 3.8) is 0 Å². The van der Waals surface area contributed by atoms with Gasteiger partial charge in [-0.25, -0.2) is 8.42 Å². The predicted octanol–water partition coefficient (Wildman–Crippen LogP) is 0.0969. The average Bonchev–Trinajstić information content (AvgIpc) is 2.21. The number of nitrogen functional groups attached to an aromatic ring is 1. The molecule has 1 amide bonds. The Bertz CT molecular complexity index is 509. The lowest BCUT2D eigenvalue weighted by molar-refractivity contribution is -0.118. The van der Waals surface area contributed by atoms with Gasteiger partial charge in [0.05, 0.1) is 4.90 Å². The number of nitrogens with two attached hydrogens (primary N) is 1. The highest BCUT2D eigenvalue weighted by atomic mass is 32.2. The zero-order valence-electron chi connectivity index (χ0n) is 9.15. The molecule has 5 nitrogen and oxygen atoms in total. The molecule has 0 unspecified atom stereocenters. The van der Waals surface area contributed by atoms with Gasteiger partial charge in [-0.3, -0.25) is 4.79 Å². The number of carbonyl (C=O) groups is 1. The molecule has 0 aliphatic heterocycles. The fourth-order valence-electron chi connectivity index (χ4n) is 1.29. The van der Waals surface area contributed by atoms with Crippen LogP contribution in [0.1, 0.15) is 5.56 Å². The molecule has 0 heterocycles. The molecule has 0 atom stereocenters. The summed E-state index contributed by atoms with van der Waals surface area (Å²) < 4.78 is 23.7. The summed E-state index contributed by atoms with van der Waals surface area (Å²) in [7, 11) is -2.22. The molecule has 0 aromatic heterocycles. The van der Waals surface area contributed by atoms with Crippen LogP contribution in [0.3, 0.4) is 0 Å². The van der Waals surface area contributed by atoms with E-state index in [4.69, 9.17) is 5.73 Å². The third kappa shape index (κ3) is 2.52. The number of hydrogen-bond acceptors (Lipinski definition) is 4. The minimum absolute atomic E-state index is 0.108. The summed E-state index contributed by atoms with van der Waals surface area (Å²) in [5.74, 6) is -1.10. The van der Waals surface area contributed by atoms with Crippen LogP contribution in [-0.2, 0) is 14.6 Å². The molecule has 0 spiro atoms. The Morgan fingerprint density at radius 2 is 2.06 bits per heavy atom. The van der Waals surface area contributed by atoms with Gasteiger partial charge < -0.3 is 11.1 Å². The molecule has 6 heteroatoms. The number of amides is 1. The molecule has 0 saturated heterocycles. The second-order valence-electron chi connectivity index (χ2n) is 3.40. The smallest absolute Gasteiger partial charge is 0.235 e. The first kappa shape index (κ1) is 12.5. The summed E-state index contributed by atoms with van der Waals surface area (Å²) in [5, 5.41) is 2.28. The van der Waals surface area contributed by atoms with E-state index in [9.17, 15) is 13.2 Å². The van der Waals surface area contributed by atoms with Crippen molar-refractivity contribution in [1.82, 2.24) is 5.32 Å². The van der Waals surface area contributed by atoms with E-state index >= 15 is 0 Å². The predicted molar refractivity (Wildman–Crippen MR) is 61.7 cm³/mol. The van der Waals surface area contributed by atoms with Crippen molar-refractivity contribution in [3.8, 4) is 0 Å². The van der Waals surface area contributed by atoms with Crippen molar-refractivity contribution in [2.75, 3.05) is 18.5 Å². The lowest BCUT2D eigenvalue weighted by Crippen LogP contribution is -2.27. The number of benzene rings is 1. The quantitative estimate of drug-likeness (QED) is 0.735. The molecule has 1 aromatic carbocycles. The van der Waals surface area contributed by atoms with Gasteiger partial charge in [0, 0.05) is 12.7 Å². The van der Waals surface area contributed by atoms with Crippen LogP contribution < -0.4 is 11.1 Å². The van der Waals surface area contributed by atoms with Gasteiger partial charge in [0.25, 0.3) is 0 Å². The Kier molecular flexibility index (Phi) is 3.54. The summed E-state index contributed by atoms with van der Waals surface area (Å²) in [5.41, 5.74) is 6.49. The van der Waals surface area contributed by atoms with E-state index in [0.29, 0.717) is 11.3 Å². The number of rotatable bonds is 3. The first-order valence-corrected chi connectivity index (χ1v) is 6.32. The molecular weight excluding hydrogens is 228 g/mol. The van der Waals surface area contributed by atoms with Crippen molar-refractivity contribution < 1.29 is 13.2 Å². The molecule has 0 saturated carbocycles. The van der Waals surface area contributed by atoms with Gasteiger partial charge in [0.15, 0.2) is 9.84 Å². The number of carbonyl (C=O) groups excluding carboxylic acids is 1. The Morgan fingerprint density at radius 3 is 2.62 bits per heavy atom. The second-order valence-corrected chi connectivity index (χ2v) is 5.36. The van der Waals surface area contributed by atoms with E-state index in [1.807, 2.05) is 0 Å². The van der Waals surface area contributed by atoms with E-state index in [1.54, 1.807) is 19.1 Å². The van der Waals surface area contributed by atoms with Crippen LogP contribution in [0, 0.1) is 6.92 Å². The van der Waals surface area contributed by atoms with Crippen LogP contribution in [0.2, 0.25) is 0 Å². The molecule has 1 aromatic rings. The number of anilines is 1. The summed E-state index contributed by atoms with van der Waals surface area (Å²) >= 11 is 0. The minimum atomic E-state index is -3.62. The summed E-state index contributed by atoms with van der Waals surface area (Å²) in [6.07, 6.45) is 0. The van der Waals surface area contributed by atoms with Crippen LogP contribution in [0.4, 0.5) is 5.69 Å². The molecule has 0 aliphatic carbocycles. The van der Waals surface area contributed by atoms with E-state index in [2.05, 4.69) is 5.32 Å². The van der Waals surface area contributed by atoms with Gasteiger partial charge in [-0.2, -0.15) is 0 Å². The highest BCUT2D eigenvalue weighted by Gasteiger charge is 2.21. The van der Waals surface area contributed by atoms with Crippen molar-refractivity contribution >= 4 is 21.4 Å². The highest BCUT2D eigenvalue weighted by molar-refractivity contribution is 7.92. The van der Waals surface area contributed by atoms with E-state index in [1.165, 1.54) is 13.1 Å². The maximum atomic E-state index is 11.9. The number of sulfone groups is 1.